The first-order valence-electron chi connectivity index (χ1n) is 7.78. The molecule has 3 rings (SSSR count). The third-order valence-electron chi connectivity index (χ3n) is 4.78. The van der Waals surface area contributed by atoms with E-state index in [-0.39, 0.29) is 18.4 Å². The van der Waals surface area contributed by atoms with E-state index in [0.29, 0.717) is 11.5 Å². The van der Waals surface area contributed by atoms with Crippen LogP contribution in [-0.4, -0.2) is 31.1 Å². The molecule has 0 amide bonds. The van der Waals surface area contributed by atoms with Gasteiger partial charge in [-0.2, -0.15) is 13.2 Å². The van der Waals surface area contributed by atoms with Crippen LogP contribution in [0.4, 0.5) is 17.6 Å². The topological polar surface area (TPSA) is 15.3 Å². The van der Waals surface area contributed by atoms with Crippen LogP contribution in [0.5, 0.6) is 0 Å². The average Bonchev–Trinajstić information content (AvgIpc) is 2.42. The summed E-state index contributed by atoms with van der Waals surface area (Å²) in [4.78, 5) is 2.28. The molecule has 1 saturated carbocycles. The number of hydrogen-bond donors (Lipinski definition) is 1. The third-order valence-corrected chi connectivity index (χ3v) is 4.78. The van der Waals surface area contributed by atoms with Gasteiger partial charge < -0.3 is 5.32 Å². The van der Waals surface area contributed by atoms with E-state index in [1.54, 1.807) is 0 Å². The maximum Gasteiger partial charge on any atom is 0.419 e. The predicted molar refractivity (Wildman–Crippen MR) is 83.2 cm³/mol. The number of piperazine rings is 1. The van der Waals surface area contributed by atoms with Gasteiger partial charge in [0.1, 0.15) is 5.82 Å². The number of nitrogens with zero attached hydrogens (tertiary/aromatic N) is 1. The molecule has 1 saturated heterocycles. The van der Waals surface area contributed by atoms with E-state index in [4.69, 9.17) is 0 Å². The van der Waals surface area contributed by atoms with Gasteiger partial charge in [0, 0.05) is 32.2 Å². The lowest BCUT2D eigenvalue weighted by Gasteiger charge is -2.43. The average molecular weight is 353 g/mol. The first-order valence-corrected chi connectivity index (χ1v) is 7.78. The Kier molecular flexibility index (Phi) is 5.92. The molecule has 0 aromatic heterocycles. The fraction of sp³-hybridized carbons (Fsp3) is 0.625. The van der Waals surface area contributed by atoms with E-state index in [0.717, 1.165) is 57.6 Å². The highest BCUT2D eigenvalue weighted by molar-refractivity contribution is 5.85. The van der Waals surface area contributed by atoms with E-state index in [9.17, 15) is 17.6 Å². The van der Waals surface area contributed by atoms with Crippen LogP contribution in [0.15, 0.2) is 18.2 Å². The molecule has 0 unspecified atom stereocenters. The summed E-state index contributed by atoms with van der Waals surface area (Å²) in [6, 6.07) is 3.47. The van der Waals surface area contributed by atoms with Crippen molar-refractivity contribution in [3.8, 4) is 0 Å². The standard InChI is InChI=1S/C16H20F4N2.ClH/c17-14-10-12(4-5-13(14)16(18,19)20)15(11-2-1-3-11)22-8-6-21-7-9-22;/h4-5,10-11,15,21H,1-3,6-9H2;1H/t15-;/m0./s1. The van der Waals surface area contributed by atoms with Crippen LogP contribution >= 0.6 is 12.4 Å². The maximum atomic E-state index is 13.9. The molecule has 1 aromatic rings. The van der Waals surface area contributed by atoms with Crippen LogP contribution in [0.1, 0.15) is 36.4 Å². The van der Waals surface area contributed by atoms with Crippen molar-refractivity contribution in [2.24, 2.45) is 5.92 Å². The molecule has 1 aliphatic carbocycles. The third kappa shape index (κ3) is 3.98. The fourth-order valence-electron chi connectivity index (χ4n) is 3.44. The number of alkyl halides is 3. The predicted octanol–water partition coefficient (Wildman–Crippen LogP) is 4.01. The minimum atomic E-state index is -4.64. The number of hydrogen-bond acceptors (Lipinski definition) is 2. The van der Waals surface area contributed by atoms with Crippen LogP contribution in [0.3, 0.4) is 0 Å². The van der Waals surface area contributed by atoms with E-state index in [1.807, 2.05) is 0 Å². The lowest BCUT2D eigenvalue weighted by atomic mass is 9.76. The molecule has 1 heterocycles. The van der Waals surface area contributed by atoms with E-state index < -0.39 is 17.6 Å². The SMILES string of the molecule is Cl.Fc1cc([C@H](C2CCC2)N2CCNCC2)ccc1C(F)(F)F. The van der Waals surface area contributed by atoms with Crippen molar-refractivity contribution < 1.29 is 17.6 Å². The zero-order valence-electron chi connectivity index (χ0n) is 12.7. The molecule has 1 aromatic carbocycles. The Morgan fingerprint density at radius 1 is 1.13 bits per heavy atom. The molecule has 2 nitrogen and oxygen atoms in total. The van der Waals surface area contributed by atoms with Crippen LogP contribution in [-0.2, 0) is 6.18 Å². The lowest BCUT2D eigenvalue weighted by molar-refractivity contribution is -0.140. The maximum absolute atomic E-state index is 13.9. The fourth-order valence-corrected chi connectivity index (χ4v) is 3.44. The zero-order valence-corrected chi connectivity index (χ0v) is 13.5. The largest absolute Gasteiger partial charge is 0.419 e. The number of halogens is 5. The molecule has 2 aliphatic rings. The molecule has 0 spiro atoms. The van der Waals surface area contributed by atoms with Crippen molar-refractivity contribution >= 4 is 12.4 Å². The molecule has 130 valence electrons. The highest BCUT2D eigenvalue weighted by Gasteiger charge is 2.37. The summed E-state index contributed by atoms with van der Waals surface area (Å²) in [5.41, 5.74) is -0.499. The van der Waals surface area contributed by atoms with Gasteiger partial charge in [-0.1, -0.05) is 12.5 Å². The van der Waals surface area contributed by atoms with Crippen molar-refractivity contribution in [2.75, 3.05) is 26.2 Å². The summed E-state index contributed by atoms with van der Waals surface area (Å²) in [6.07, 6.45) is -1.35. The smallest absolute Gasteiger partial charge is 0.314 e. The summed E-state index contributed by atoms with van der Waals surface area (Å²) < 4.78 is 52.0. The Balaban J connectivity index is 0.00000192. The van der Waals surface area contributed by atoms with E-state index in [2.05, 4.69) is 10.2 Å². The molecule has 1 N–H and O–H groups in total. The Bertz CT molecular complexity index is 525. The van der Waals surface area contributed by atoms with Crippen LogP contribution in [0.2, 0.25) is 0 Å². The molecular weight excluding hydrogens is 332 g/mol. The first kappa shape index (κ1) is 18.5. The summed E-state index contributed by atoms with van der Waals surface area (Å²) in [6.45, 7) is 3.44. The second-order valence-corrected chi connectivity index (χ2v) is 6.16. The van der Waals surface area contributed by atoms with Crippen molar-refractivity contribution in [1.82, 2.24) is 10.2 Å². The molecule has 2 fully saturated rings. The highest BCUT2D eigenvalue weighted by atomic mass is 35.5. The molecule has 0 bridgehead atoms. The molecule has 7 heteroatoms. The van der Waals surface area contributed by atoms with Crippen LogP contribution in [0, 0.1) is 11.7 Å². The van der Waals surface area contributed by atoms with Gasteiger partial charge in [0.25, 0.3) is 0 Å². The van der Waals surface area contributed by atoms with Gasteiger partial charge in [-0.3, -0.25) is 4.90 Å². The molecule has 23 heavy (non-hydrogen) atoms. The van der Waals surface area contributed by atoms with Crippen LogP contribution < -0.4 is 5.32 Å². The summed E-state index contributed by atoms with van der Waals surface area (Å²) >= 11 is 0. The molecule has 0 radical (unpaired) electrons. The van der Waals surface area contributed by atoms with Crippen LogP contribution in [0.25, 0.3) is 0 Å². The second kappa shape index (κ2) is 7.36. The van der Waals surface area contributed by atoms with Gasteiger partial charge in [0.15, 0.2) is 0 Å². The Morgan fingerprint density at radius 2 is 1.78 bits per heavy atom. The number of nitrogens with one attached hydrogen (secondary N) is 1. The van der Waals surface area contributed by atoms with E-state index in [1.165, 1.54) is 6.07 Å². The minimum Gasteiger partial charge on any atom is -0.314 e. The van der Waals surface area contributed by atoms with E-state index >= 15 is 0 Å². The lowest BCUT2D eigenvalue weighted by Crippen LogP contribution is -2.47. The minimum absolute atomic E-state index is 0. The van der Waals surface area contributed by atoms with Gasteiger partial charge >= 0.3 is 6.18 Å². The van der Waals surface area contributed by atoms with Gasteiger partial charge in [-0.05, 0) is 36.5 Å². The van der Waals surface area contributed by atoms with Crippen molar-refractivity contribution in [3.05, 3.63) is 35.1 Å². The summed E-state index contributed by atoms with van der Waals surface area (Å²) in [5, 5.41) is 3.27. The van der Waals surface area contributed by atoms with Gasteiger partial charge in [0.05, 0.1) is 5.56 Å². The Hall–Kier alpha value is -0.850. The normalized spacial score (nSPS) is 21.4. The summed E-state index contributed by atoms with van der Waals surface area (Å²) in [5.74, 6) is -0.737. The van der Waals surface area contributed by atoms with Gasteiger partial charge in [-0.15, -0.1) is 12.4 Å². The monoisotopic (exact) mass is 352 g/mol. The van der Waals surface area contributed by atoms with Gasteiger partial charge in [0.2, 0.25) is 0 Å². The van der Waals surface area contributed by atoms with Crippen molar-refractivity contribution in [2.45, 2.75) is 31.5 Å². The van der Waals surface area contributed by atoms with Gasteiger partial charge in [-0.25, -0.2) is 4.39 Å². The van der Waals surface area contributed by atoms with Crippen molar-refractivity contribution in [3.63, 3.8) is 0 Å². The van der Waals surface area contributed by atoms with Crippen molar-refractivity contribution in [1.29, 1.82) is 0 Å². The molecule has 1 atom stereocenters. The quantitative estimate of drug-likeness (QED) is 0.827. The molecular formula is C16H21ClF4N2. The number of benzene rings is 1. The Labute approximate surface area is 139 Å². The Morgan fingerprint density at radius 3 is 2.26 bits per heavy atom. The summed E-state index contributed by atoms with van der Waals surface area (Å²) in [7, 11) is 0. The second-order valence-electron chi connectivity index (χ2n) is 6.16. The molecule has 1 aliphatic heterocycles. The first-order chi connectivity index (χ1) is 10.5. The zero-order chi connectivity index (χ0) is 15.7. The highest BCUT2D eigenvalue weighted by Crippen LogP contribution is 2.42. The number of rotatable bonds is 3.